The van der Waals surface area contributed by atoms with Crippen molar-refractivity contribution in [2.45, 2.75) is 60.3 Å². The van der Waals surface area contributed by atoms with Crippen LogP contribution in [-0.4, -0.2) is 59.1 Å². The third-order valence-electron chi connectivity index (χ3n) is 5.79. The molecule has 4 heteroatoms. The summed E-state index contributed by atoms with van der Waals surface area (Å²) in [6, 6.07) is 0. The minimum atomic E-state index is 0.488. The summed E-state index contributed by atoms with van der Waals surface area (Å²) in [5.41, 5.74) is 5.67. The van der Waals surface area contributed by atoms with Gasteiger partial charge in [0.1, 0.15) is 0 Å². The van der Waals surface area contributed by atoms with Gasteiger partial charge in [-0.25, -0.2) is 0 Å². The molecule has 0 amide bonds. The molecular weight excluding hydrogens is 260 g/mol. The Morgan fingerprint density at radius 2 is 1.00 bits per heavy atom. The summed E-state index contributed by atoms with van der Waals surface area (Å²) < 4.78 is 0. The van der Waals surface area contributed by atoms with Crippen molar-refractivity contribution in [1.82, 2.24) is 19.6 Å². The van der Waals surface area contributed by atoms with Crippen molar-refractivity contribution >= 4 is 0 Å². The van der Waals surface area contributed by atoms with Crippen LogP contribution in [0.5, 0.6) is 0 Å². The first kappa shape index (κ1) is 16.1. The lowest BCUT2D eigenvalue weighted by molar-refractivity contribution is 0.150. The molecule has 0 aromatic carbocycles. The fourth-order valence-corrected chi connectivity index (χ4v) is 3.59. The number of hydrogen-bond acceptors (Lipinski definition) is 4. The van der Waals surface area contributed by atoms with Crippen molar-refractivity contribution in [1.29, 1.82) is 0 Å². The van der Waals surface area contributed by atoms with E-state index in [2.05, 4.69) is 75.2 Å². The molecule has 0 aromatic rings. The molecule has 0 bridgehead atoms. The molecule has 2 heterocycles. The summed E-state index contributed by atoms with van der Waals surface area (Å²) in [5, 5.41) is 0. The Morgan fingerprint density at radius 1 is 0.667 bits per heavy atom. The molecule has 0 saturated heterocycles. The highest BCUT2D eigenvalue weighted by molar-refractivity contribution is 5.16. The molecule has 2 rings (SSSR count). The molecule has 0 fully saturated rings. The van der Waals surface area contributed by atoms with Crippen molar-refractivity contribution in [3.63, 3.8) is 0 Å². The molecule has 2 atom stereocenters. The van der Waals surface area contributed by atoms with Gasteiger partial charge in [-0.2, -0.15) is 0 Å². The van der Waals surface area contributed by atoms with E-state index in [0.717, 1.165) is 13.1 Å². The first-order valence-electron chi connectivity index (χ1n) is 8.11. The molecular formula is C17H32N4. The van der Waals surface area contributed by atoms with Gasteiger partial charge in [-0.05, 0) is 48.0 Å². The van der Waals surface area contributed by atoms with E-state index in [-0.39, 0.29) is 0 Å². The van der Waals surface area contributed by atoms with Gasteiger partial charge in [0.15, 0.2) is 0 Å². The molecule has 0 aromatic heterocycles. The van der Waals surface area contributed by atoms with Crippen molar-refractivity contribution < 1.29 is 0 Å². The summed E-state index contributed by atoms with van der Waals surface area (Å²) in [6.07, 6.45) is 2.18. The second-order valence-electron chi connectivity index (χ2n) is 6.57. The molecule has 0 aliphatic carbocycles. The highest BCUT2D eigenvalue weighted by atomic mass is 15.4. The van der Waals surface area contributed by atoms with E-state index in [1.165, 1.54) is 29.2 Å². The van der Waals surface area contributed by atoms with Crippen LogP contribution in [0.4, 0.5) is 0 Å². The van der Waals surface area contributed by atoms with E-state index >= 15 is 0 Å². The van der Waals surface area contributed by atoms with Gasteiger partial charge in [0.25, 0.3) is 0 Å². The van der Waals surface area contributed by atoms with Gasteiger partial charge in [0.2, 0.25) is 0 Å². The lowest BCUT2D eigenvalue weighted by Gasteiger charge is -2.32. The van der Waals surface area contributed by atoms with Gasteiger partial charge in [-0.1, -0.05) is 0 Å². The van der Waals surface area contributed by atoms with Crippen LogP contribution < -0.4 is 0 Å². The van der Waals surface area contributed by atoms with Crippen molar-refractivity contribution in [2.75, 3.05) is 27.2 Å². The first-order chi connectivity index (χ1) is 9.77. The number of allylic oxidation sites excluding steroid dienone is 4. The third kappa shape index (κ3) is 2.60. The Hall–Kier alpha value is -1.32. The quantitative estimate of drug-likeness (QED) is 0.789. The Balaban J connectivity index is 1.91. The maximum atomic E-state index is 2.53. The summed E-state index contributed by atoms with van der Waals surface area (Å²) in [7, 11) is 4.38. The average molecular weight is 292 g/mol. The summed E-state index contributed by atoms with van der Waals surface area (Å²) in [6.45, 7) is 15.8. The van der Waals surface area contributed by atoms with Gasteiger partial charge in [-0.3, -0.25) is 0 Å². The van der Waals surface area contributed by atoms with Crippen molar-refractivity contribution in [3.8, 4) is 0 Å². The molecule has 0 N–H and O–H groups in total. The van der Waals surface area contributed by atoms with E-state index in [1.807, 2.05) is 0 Å². The van der Waals surface area contributed by atoms with Crippen molar-refractivity contribution in [2.24, 2.45) is 0 Å². The molecule has 4 nitrogen and oxygen atoms in total. The first-order valence-corrected chi connectivity index (χ1v) is 8.11. The van der Waals surface area contributed by atoms with Gasteiger partial charge in [-0.15, -0.1) is 0 Å². The second-order valence-corrected chi connectivity index (χ2v) is 6.57. The molecule has 120 valence electrons. The van der Waals surface area contributed by atoms with E-state index in [4.69, 9.17) is 0 Å². The van der Waals surface area contributed by atoms with Gasteiger partial charge >= 0.3 is 0 Å². The molecule has 0 spiro atoms. The van der Waals surface area contributed by atoms with E-state index in [1.54, 1.807) is 0 Å². The molecule has 2 aliphatic rings. The third-order valence-corrected chi connectivity index (χ3v) is 5.79. The van der Waals surface area contributed by atoms with Crippen LogP contribution in [0.1, 0.15) is 48.0 Å². The number of hydrogen-bond donors (Lipinski definition) is 0. The van der Waals surface area contributed by atoms with E-state index in [9.17, 15) is 0 Å². The summed E-state index contributed by atoms with van der Waals surface area (Å²) >= 11 is 0. The molecule has 0 radical (unpaired) electrons. The van der Waals surface area contributed by atoms with Gasteiger partial charge < -0.3 is 19.6 Å². The lowest BCUT2D eigenvalue weighted by atomic mass is 10.3. The van der Waals surface area contributed by atoms with Gasteiger partial charge in [0, 0.05) is 50.0 Å². The molecule has 2 aliphatic heterocycles. The lowest BCUT2D eigenvalue weighted by Crippen LogP contribution is -2.39. The largest absolute Gasteiger partial charge is 0.357 e. The number of nitrogens with zero attached hydrogens (tertiary/aromatic N) is 4. The molecule has 2 unspecified atom stereocenters. The minimum Gasteiger partial charge on any atom is -0.357 e. The van der Waals surface area contributed by atoms with Crippen LogP contribution in [0.15, 0.2) is 22.8 Å². The summed E-state index contributed by atoms with van der Waals surface area (Å²) in [5.74, 6) is 0. The van der Waals surface area contributed by atoms with Crippen molar-refractivity contribution in [3.05, 3.63) is 22.8 Å². The predicted octanol–water partition coefficient (Wildman–Crippen LogP) is 3.07. The van der Waals surface area contributed by atoms with E-state index < -0.39 is 0 Å². The zero-order valence-electron chi connectivity index (χ0n) is 15.1. The van der Waals surface area contributed by atoms with Crippen LogP contribution in [0.2, 0.25) is 0 Å². The molecule has 0 saturated carbocycles. The predicted molar refractivity (Wildman–Crippen MR) is 89.2 cm³/mol. The van der Waals surface area contributed by atoms with E-state index in [0.29, 0.717) is 12.3 Å². The Kier molecular flexibility index (Phi) is 4.45. The van der Waals surface area contributed by atoms with Crippen LogP contribution in [-0.2, 0) is 0 Å². The van der Waals surface area contributed by atoms with Crippen LogP contribution in [0, 0.1) is 0 Å². The monoisotopic (exact) mass is 292 g/mol. The fraction of sp³-hybridized carbons (Fsp3) is 0.765. The minimum absolute atomic E-state index is 0.488. The highest BCUT2D eigenvalue weighted by Crippen LogP contribution is 2.29. The highest BCUT2D eigenvalue weighted by Gasteiger charge is 2.30. The summed E-state index contributed by atoms with van der Waals surface area (Å²) in [4.78, 5) is 9.81. The zero-order chi connectivity index (χ0) is 15.9. The Labute approximate surface area is 130 Å². The Morgan fingerprint density at radius 3 is 1.24 bits per heavy atom. The number of rotatable bonds is 4. The molecule has 21 heavy (non-hydrogen) atoms. The fourth-order valence-electron chi connectivity index (χ4n) is 3.59. The Bertz CT molecular complexity index is 423. The maximum Gasteiger partial charge on any atom is 0.0979 e. The maximum absolute atomic E-state index is 2.53. The second kappa shape index (κ2) is 5.82. The van der Waals surface area contributed by atoms with Crippen LogP contribution >= 0.6 is 0 Å². The topological polar surface area (TPSA) is 13.0 Å². The van der Waals surface area contributed by atoms with Crippen LogP contribution in [0.3, 0.4) is 0 Å². The standard InChI is InChI=1S/C17H32N4/c1-12-14(3)20(16(5)18(12)7)10-9-11-21-15(4)13(2)19(8)17(21)6/h16-17H,9-11H2,1-8H3. The van der Waals surface area contributed by atoms with Crippen LogP contribution in [0.25, 0.3) is 0 Å². The zero-order valence-corrected chi connectivity index (χ0v) is 15.1. The normalized spacial score (nSPS) is 26.9. The smallest absolute Gasteiger partial charge is 0.0979 e. The average Bonchev–Trinajstić information content (AvgIpc) is 2.76. The SMILES string of the molecule is CC1=C(C)N(CCCN2C(C)=C(C)N(C)C2C)C(C)N1C. The van der Waals surface area contributed by atoms with Gasteiger partial charge in [0.05, 0.1) is 12.3 Å².